The number of carboxylic acid groups (broad SMARTS) is 1. The summed E-state index contributed by atoms with van der Waals surface area (Å²) in [6.45, 7) is 3.22. The third-order valence-electron chi connectivity index (χ3n) is 3.03. The van der Waals surface area contributed by atoms with Crippen LogP contribution in [0.4, 0.5) is 5.69 Å². The Kier molecular flexibility index (Phi) is 2.42. The molecule has 2 rings (SSSR count). The van der Waals surface area contributed by atoms with Crippen molar-refractivity contribution in [2.45, 2.75) is 25.8 Å². The number of carbonyl (C=O) groups is 2. The topological polar surface area (TPSA) is 57.6 Å². The molecule has 2 atom stereocenters. The van der Waals surface area contributed by atoms with Crippen molar-refractivity contribution in [3.63, 3.8) is 0 Å². The minimum Gasteiger partial charge on any atom is -0.481 e. The highest BCUT2D eigenvalue weighted by Crippen LogP contribution is 2.40. The Morgan fingerprint density at radius 1 is 1.31 bits per heavy atom. The van der Waals surface area contributed by atoms with Crippen LogP contribution < -0.4 is 4.90 Å². The van der Waals surface area contributed by atoms with Gasteiger partial charge in [-0.05, 0) is 18.6 Å². The van der Waals surface area contributed by atoms with Crippen molar-refractivity contribution < 1.29 is 14.7 Å². The second-order valence-corrected chi connectivity index (χ2v) is 4.00. The summed E-state index contributed by atoms with van der Waals surface area (Å²) in [4.78, 5) is 24.3. The zero-order chi connectivity index (χ0) is 11.9. The van der Waals surface area contributed by atoms with E-state index in [1.807, 2.05) is 6.07 Å². The van der Waals surface area contributed by atoms with Gasteiger partial charge in [0.05, 0.1) is 6.04 Å². The first kappa shape index (κ1) is 10.7. The summed E-state index contributed by atoms with van der Waals surface area (Å²) in [6, 6.07) is 6.84. The third-order valence-corrected chi connectivity index (χ3v) is 3.03. The van der Waals surface area contributed by atoms with E-state index >= 15 is 0 Å². The Labute approximate surface area is 93.5 Å². The van der Waals surface area contributed by atoms with E-state index in [0.29, 0.717) is 0 Å². The Balaban J connectivity index is 2.57. The van der Waals surface area contributed by atoms with Crippen LogP contribution in [0, 0.1) is 0 Å². The Morgan fingerprint density at radius 2 is 1.94 bits per heavy atom. The Hall–Kier alpha value is -1.84. The Bertz CT molecular complexity index is 414. The van der Waals surface area contributed by atoms with Gasteiger partial charge >= 0.3 is 5.97 Å². The molecule has 0 bridgehead atoms. The van der Waals surface area contributed by atoms with Gasteiger partial charge in [0, 0.05) is 12.6 Å². The van der Waals surface area contributed by atoms with Gasteiger partial charge in [0.15, 0.2) is 0 Å². The van der Waals surface area contributed by atoms with Crippen LogP contribution in [-0.2, 0) is 9.59 Å². The molecule has 1 amide bonds. The highest BCUT2D eigenvalue weighted by Gasteiger charge is 2.41. The van der Waals surface area contributed by atoms with Gasteiger partial charge in [-0.1, -0.05) is 18.2 Å². The van der Waals surface area contributed by atoms with Crippen LogP contribution >= 0.6 is 0 Å². The van der Waals surface area contributed by atoms with Gasteiger partial charge in [-0.3, -0.25) is 9.59 Å². The predicted octanol–water partition coefficient (Wildman–Crippen LogP) is 1.61. The first-order valence-electron chi connectivity index (χ1n) is 5.15. The first-order valence-corrected chi connectivity index (χ1v) is 5.15. The van der Waals surface area contributed by atoms with E-state index in [4.69, 9.17) is 0 Å². The molecule has 0 aliphatic carbocycles. The van der Waals surface area contributed by atoms with Crippen LogP contribution in [0.15, 0.2) is 24.3 Å². The molecule has 0 radical (unpaired) electrons. The van der Waals surface area contributed by atoms with Crippen LogP contribution in [0.25, 0.3) is 0 Å². The van der Waals surface area contributed by atoms with Gasteiger partial charge in [-0.15, -0.1) is 0 Å². The van der Waals surface area contributed by atoms with E-state index in [2.05, 4.69) is 0 Å². The zero-order valence-electron chi connectivity index (χ0n) is 9.18. The van der Waals surface area contributed by atoms with Crippen LogP contribution in [0.2, 0.25) is 0 Å². The number of aliphatic carboxylic acids is 1. The summed E-state index contributed by atoms with van der Waals surface area (Å²) in [6.07, 6.45) is 0. The maximum Gasteiger partial charge on any atom is 0.313 e. The van der Waals surface area contributed by atoms with Gasteiger partial charge in [-0.2, -0.15) is 0 Å². The predicted molar refractivity (Wildman–Crippen MR) is 59.4 cm³/mol. The second-order valence-electron chi connectivity index (χ2n) is 4.00. The molecule has 1 aromatic carbocycles. The number of carboxylic acids is 1. The molecule has 0 saturated carbocycles. The molecule has 4 heteroatoms. The maximum atomic E-state index is 11.5. The summed E-state index contributed by atoms with van der Waals surface area (Å²) in [7, 11) is 0. The molecule has 1 aliphatic heterocycles. The molecule has 16 heavy (non-hydrogen) atoms. The van der Waals surface area contributed by atoms with Crippen LogP contribution in [-0.4, -0.2) is 23.0 Å². The Morgan fingerprint density at radius 3 is 2.50 bits per heavy atom. The number of fused-ring (bicyclic) bond motifs is 1. The summed E-state index contributed by atoms with van der Waals surface area (Å²) >= 11 is 0. The highest BCUT2D eigenvalue weighted by molar-refractivity contribution is 5.98. The van der Waals surface area contributed by atoms with Crippen molar-refractivity contribution in [3.8, 4) is 0 Å². The lowest BCUT2D eigenvalue weighted by molar-refractivity contribution is -0.139. The molecule has 0 aromatic heterocycles. The van der Waals surface area contributed by atoms with E-state index in [9.17, 15) is 14.7 Å². The molecule has 84 valence electrons. The summed E-state index contributed by atoms with van der Waals surface area (Å²) in [5.41, 5.74) is 1.44. The van der Waals surface area contributed by atoms with Crippen molar-refractivity contribution in [1.29, 1.82) is 0 Å². The second kappa shape index (κ2) is 3.63. The summed E-state index contributed by atoms with van der Waals surface area (Å²) in [5, 5.41) is 9.19. The molecule has 1 aromatic rings. The average Bonchev–Trinajstić information content (AvgIpc) is 2.49. The zero-order valence-corrected chi connectivity index (χ0v) is 9.18. The number of amides is 1. The van der Waals surface area contributed by atoms with Crippen molar-refractivity contribution in [2.24, 2.45) is 0 Å². The summed E-state index contributed by atoms with van der Waals surface area (Å²) in [5.74, 6) is -1.63. The third kappa shape index (κ3) is 1.38. The molecule has 0 spiro atoms. The molecule has 1 N–H and O–H groups in total. The minimum absolute atomic E-state index is 0.122. The van der Waals surface area contributed by atoms with Crippen molar-refractivity contribution >= 4 is 17.6 Å². The highest BCUT2D eigenvalue weighted by atomic mass is 16.4. The molecule has 1 aliphatic rings. The van der Waals surface area contributed by atoms with Crippen LogP contribution in [0.1, 0.15) is 25.3 Å². The lowest BCUT2D eigenvalue weighted by Gasteiger charge is -2.22. The molecule has 4 nitrogen and oxygen atoms in total. The smallest absolute Gasteiger partial charge is 0.313 e. The van der Waals surface area contributed by atoms with E-state index in [1.54, 1.807) is 30.0 Å². The summed E-state index contributed by atoms with van der Waals surface area (Å²) < 4.78 is 0. The lowest BCUT2D eigenvalue weighted by Crippen LogP contribution is -2.37. The average molecular weight is 219 g/mol. The van der Waals surface area contributed by atoms with Crippen LogP contribution in [0.3, 0.4) is 0 Å². The fraction of sp³-hybridized carbons (Fsp3) is 0.333. The molecule has 1 heterocycles. The first-order chi connectivity index (χ1) is 7.54. The number of benzene rings is 1. The number of carbonyl (C=O) groups excluding carboxylic acids is 1. The largest absolute Gasteiger partial charge is 0.481 e. The number of nitrogens with zero attached hydrogens (tertiary/aromatic N) is 1. The number of anilines is 1. The van der Waals surface area contributed by atoms with Gasteiger partial charge in [0.1, 0.15) is 5.92 Å². The van der Waals surface area contributed by atoms with E-state index in [0.717, 1.165) is 11.3 Å². The van der Waals surface area contributed by atoms with E-state index in [-0.39, 0.29) is 11.9 Å². The van der Waals surface area contributed by atoms with Crippen LogP contribution in [0.5, 0.6) is 0 Å². The monoisotopic (exact) mass is 219 g/mol. The molecular formula is C12H13NO3. The normalized spacial score (nSPS) is 23.0. The molecule has 2 unspecified atom stereocenters. The lowest BCUT2D eigenvalue weighted by atomic mass is 9.96. The number of hydrogen-bond donors (Lipinski definition) is 1. The fourth-order valence-corrected chi connectivity index (χ4v) is 2.39. The van der Waals surface area contributed by atoms with E-state index in [1.165, 1.54) is 6.92 Å². The van der Waals surface area contributed by atoms with Gasteiger partial charge in [0.25, 0.3) is 0 Å². The van der Waals surface area contributed by atoms with Crippen molar-refractivity contribution in [1.82, 2.24) is 0 Å². The SMILES string of the molecule is CC(=O)N1c2ccccc2C(C(=O)O)C1C. The number of rotatable bonds is 1. The number of para-hydroxylation sites is 1. The molecular weight excluding hydrogens is 206 g/mol. The van der Waals surface area contributed by atoms with Crippen molar-refractivity contribution in [3.05, 3.63) is 29.8 Å². The molecule has 0 fully saturated rings. The fourth-order valence-electron chi connectivity index (χ4n) is 2.39. The van der Waals surface area contributed by atoms with Gasteiger partial charge in [-0.25, -0.2) is 0 Å². The van der Waals surface area contributed by atoms with Gasteiger partial charge in [0.2, 0.25) is 5.91 Å². The van der Waals surface area contributed by atoms with Crippen molar-refractivity contribution in [2.75, 3.05) is 4.90 Å². The minimum atomic E-state index is -0.885. The quantitative estimate of drug-likeness (QED) is 0.780. The van der Waals surface area contributed by atoms with Gasteiger partial charge < -0.3 is 10.0 Å². The molecule has 0 saturated heterocycles. The number of hydrogen-bond acceptors (Lipinski definition) is 2. The van der Waals surface area contributed by atoms with E-state index < -0.39 is 11.9 Å². The maximum absolute atomic E-state index is 11.5. The standard InChI is InChI=1S/C12H13NO3/c1-7-11(12(15)16)9-5-3-4-6-10(9)13(7)8(2)14/h3-7,11H,1-2H3,(H,15,16).